The number of rotatable bonds is 3. The van der Waals surface area contributed by atoms with Crippen molar-refractivity contribution in [3.8, 4) is 5.75 Å². The molecule has 22 heavy (non-hydrogen) atoms. The number of sulfone groups is 1. The first-order valence-corrected chi connectivity index (χ1v) is 8.75. The minimum Gasteiger partial charge on any atom is -0.497 e. The van der Waals surface area contributed by atoms with Crippen LogP contribution in [0.3, 0.4) is 0 Å². The lowest BCUT2D eigenvalue weighted by Crippen LogP contribution is -2.36. The summed E-state index contributed by atoms with van der Waals surface area (Å²) in [5.41, 5.74) is 0.967. The minimum absolute atomic E-state index is 0.00349. The number of ether oxygens (including phenoxy) is 1. The van der Waals surface area contributed by atoms with Gasteiger partial charge in [0.15, 0.2) is 9.84 Å². The van der Waals surface area contributed by atoms with Crippen molar-refractivity contribution in [3.05, 3.63) is 36.0 Å². The van der Waals surface area contributed by atoms with Crippen LogP contribution < -0.4 is 10.1 Å². The number of aromatic nitrogens is 1. The molecule has 1 aromatic carbocycles. The lowest BCUT2D eigenvalue weighted by Gasteiger charge is -2.10. The van der Waals surface area contributed by atoms with E-state index in [9.17, 15) is 13.2 Å². The number of carbonyl (C=O) groups excluding carboxylic acids is 1. The van der Waals surface area contributed by atoms with E-state index in [4.69, 9.17) is 4.74 Å². The second kappa shape index (κ2) is 5.57. The summed E-state index contributed by atoms with van der Waals surface area (Å²) in [6.45, 7) is 0. The maximum atomic E-state index is 12.2. The van der Waals surface area contributed by atoms with Gasteiger partial charge in [0.2, 0.25) is 0 Å². The first-order valence-electron chi connectivity index (χ1n) is 6.93. The molecule has 2 aromatic rings. The van der Waals surface area contributed by atoms with Crippen LogP contribution in [-0.4, -0.2) is 44.0 Å². The monoisotopic (exact) mass is 320 g/mol. The lowest BCUT2D eigenvalue weighted by atomic mass is 10.2. The first-order chi connectivity index (χ1) is 10.5. The number of nitrogens with zero attached hydrogens (tertiary/aromatic N) is 1. The maximum Gasteiger partial charge on any atom is 0.270 e. The summed E-state index contributed by atoms with van der Waals surface area (Å²) in [5.74, 6) is 0.509. The number of pyridine rings is 1. The van der Waals surface area contributed by atoms with Crippen LogP contribution in [0.4, 0.5) is 0 Å². The van der Waals surface area contributed by atoms with Crippen LogP contribution in [0.5, 0.6) is 5.75 Å². The molecule has 0 aliphatic carbocycles. The van der Waals surface area contributed by atoms with Gasteiger partial charge in [-0.05, 0) is 30.7 Å². The number of nitrogens with one attached hydrogen (secondary N) is 1. The fourth-order valence-electron chi connectivity index (χ4n) is 2.53. The fourth-order valence-corrected chi connectivity index (χ4v) is 4.20. The highest BCUT2D eigenvalue weighted by Crippen LogP contribution is 2.20. The molecule has 2 heterocycles. The Balaban J connectivity index is 1.79. The van der Waals surface area contributed by atoms with E-state index in [1.165, 1.54) is 0 Å². The molecule has 1 N–H and O–H groups in total. The molecule has 0 radical (unpaired) electrons. The van der Waals surface area contributed by atoms with Crippen LogP contribution in [0.1, 0.15) is 16.9 Å². The molecule has 1 aromatic heterocycles. The largest absolute Gasteiger partial charge is 0.497 e. The van der Waals surface area contributed by atoms with E-state index in [0.29, 0.717) is 11.9 Å². The highest BCUT2D eigenvalue weighted by Gasteiger charge is 2.29. The second-order valence-corrected chi connectivity index (χ2v) is 7.56. The van der Waals surface area contributed by atoms with Crippen molar-refractivity contribution in [1.82, 2.24) is 10.3 Å². The van der Waals surface area contributed by atoms with Gasteiger partial charge in [-0.1, -0.05) is 6.07 Å². The molecule has 1 fully saturated rings. The summed E-state index contributed by atoms with van der Waals surface area (Å²) < 4.78 is 28.0. The molecule has 1 amide bonds. The van der Waals surface area contributed by atoms with E-state index >= 15 is 0 Å². The number of amides is 1. The molecule has 6 nitrogen and oxygen atoms in total. The van der Waals surface area contributed by atoms with E-state index in [1.807, 2.05) is 6.07 Å². The van der Waals surface area contributed by atoms with Gasteiger partial charge in [0.25, 0.3) is 5.91 Å². The van der Waals surface area contributed by atoms with E-state index in [0.717, 1.165) is 11.1 Å². The predicted octanol–water partition coefficient (Wildman–Crippen LogP) is 1.16. The van der Waals surface area contributed by atoms with Crippen molar-refractivity contribution in [2.75, 3.05) is 18.6 Å². The van der Waals surface area contributed by atoms with E-state index in [-0.39, 0.29) is 29.1 Å². The Morgan fingerprint density at radius 2 is 2.14 bits per heavy atom. The standard InChI is InChI=1S/C15H16N2O4S/c1-21-12-3-5-13-10(8-12)2-4-14(17-13)15(18)16-11-6-7-22(19,20)9-11/h2-5,8,11H,6-7,9H2,1H3,(H,16,18)/t11-/m1/s1. The SMILES string of the molecule is COc1ccc2nc(C(=O)N[C@@H]3CCS(=O)(=O)C3)ccc2c1. The summed E-state index contributed by atoms with van der Waals surface area (Å²) in [7, 11) is -1.43. The number of carbonyl (C=O) groups is 1. The molecular weight excluding hydrogens is 304 g/mol. The van der Waals surface area contributed by atoms with Crippen molar-refractivity contribution in [3.63, 3.8) is 0 Å². The summed E-state index contributed by atoms with van der Waals surface area (Å²) in [5, 5.41) is 3.61. The molecule has 0 spiro atoms. The number of hydrogen-bond donors (Lipinski definition) is 1. The predicted molar refractivity (Wildman–Crippen MR) is 82.8 cm³/mol. The topological polar surface area (TPSA) is 85.4 Å². The van der Waals surface area contributed by atoms with Crippen molar-refractivity contribution < 1.29 is 17.9 Å². The smallest absolute Gasteiger partial charge is 0.270 e. The van der Waals surface area contributed by atoms with Crippen molar-refractivity contribution in [2.24, 2.45) is 0 Å². The van der Waals surface area contributed by atoms with Crippen LogP contribution in [0.15, 0.2) is 30.3 Å². The zero-order valence-electron chi connectivity index (χ0n) is 12.1. The molecule has 1 saturated heterocycles. The van der Waals surface area contributed by atoms with Gasteiger partial charge in [0, 0.05) is 11.4 Å². The first kappa shape index (κ1) is 14.8. The third kappa shape index (κ3) is 3.04. The molecule has 0 bridgehead atoms. The van der Waals surface area contributed by atoms with Crippen LogP contribution in [0.25, 0.3) is 10.9 Å². The Bertz CT molecular complexity index is 833. The molecule has 0 unspecified atom stereocenters. The van der Waals surface area contributed by atoms with Crippen LogP contribution >= 0.6 is 0 Å². The van der Waals surface area contributed by atoms with Gasteiger partial charge >= 0.3 is 0 Å². The summed E-state index contributed by atoms with van der Waals surface area (Å²) in [6.07, 6.45) is 0.457. The number of fused-ring (bicyclic) bond motifs is 1. The Hall–Kier alpha value is -2.15. The van der Waals surface area contributed by atoms with Gasteiger partial charge in [-0.2, -0.15) is 0 Å². The van der Waals surface area contributed by atoms with Gasteiger partial charge in [0.1, 0.15) is 11.4 Å². The zero-order chi connectivity index (χ0) is 15.7. The summed E-state index contributed by atoms with van der Waals surface area (Å²) in [4.78, 5) is 16.5. The average molecular weight is 320 g/mol. The summed E-state index contributed by atoms with van der Waals surface area (Å²) >= 11 is 0. The molecule has 1 aliphatic rings. The Labute approximate surface area is 128 Å². The Kier molecular flexibility index (Phi) is 3.74. The highest BCUT2D eigenvalue weighted by molar-refractivity contribution is 7.91. The van der Waals surface area contributed by atoms with Gasteiger partial charge in [-0.25, -0.2) is 13.4 Å². The molecule has 1 atom stereocenters. The van der Waals surface area contributed by atoms with Crippen LogP contribution in [0.2, 0.25) is 0 Å². The van der Waals surface area contributed by atoms with E-state index in [1.54, 1.807) is 31.4 Å². The lowest BCUT2D eigenvalue weighted by molar-refractivity contribution is 0.0936. The molecule has 1 aliphatic heterocycles. The highest BCUT2D eigenvalue weighted by atomic mass is 32.2. The van der Waals surface area contributed by atoms with Gasteiger partial charge in [-0.15, -0.1) is 0 Å². The molecule has 7 heteroatoms. The van der Waals surface area contributed by atoms with Crippen LogP contribution in [0, 0.1) is 0 Å². The normalized spacial score (nSPS) is 20.0. The third-order valence-electron chi connectivity index (χ3n) is 3.70. The fraction of sp³-hybridized carbons (Fsp3) is 0.333. The van der Waals surface area contributed by atoms with E-state index in [2.05, 4.69) is 10.3 Å². The van der Waals surface area contributed by atoms with Gasteiger partial charge < -0.3 is 10.1 Å². The molecule has 116 valence electrons. The average Bonchev–Trinajstić information content (AvgIpc) is 2.84. The maximum absolute atomic E-state index is 12.2. The summed E-state index contributed by atoms with van der Waals surface area (Å²) in [6, 6.07) is 8.50. The van der Waals surface area contributed by atoms with E-state index < -0.39 is 9.84 Å². The van der Waals surface area contributed by atoms with Crippen molar-refractivity contribution in [2.45, 2.75) is 12.5 Å². The molecular formula is C15H16N2O4S. The van der Waals surface area contributed by atoms with Gasteiger partial charge in [0.05, 0.1) is 24.1 Å². The van der Waals surface area contributed by atoms with Crippen molar-refractivity contribution >= 4 is 26.6 Å². The Morgan fingerprint density at radius 3 is 2.82 bits per heavy atom. The minimum atomic E-state index is -3.01. The zero-order valence-corrected chi connectivity index (χ0v) is 12.9. The number of benzene rings is 1. The third-order valence-corrected chi connectivity index (χ3v) is 5.46. The second-order valence-electron chi connectivity index (χ2n) is 5.33. The quantitative estimate of drug-likeness (QED) is 0.917. The Morgan fingerprint density at radius 1 is 1.32 bits per heavy atom. The number of hydrogen-bond acceptors (Lipinski definition) is 5. The number of methoxy groups -OCH3 is 1. The van der Waals surface area contributed by atoms with Gasteiger partial charge in [-0.3, -0.25) is 4.79 Å². The molecule has 0 saturated carbocycles. The van der Waals surface area contributed by atoms with Crippen molar-refractivity contribution in [1.29, 1.82) is 0 Å². The van der Waals surface area contributed by atoms with Crippen LogP contribution in [-0.2, 0) is 9.84 Å². The molecule has 3 rings (SSSR count).